The Kier molecular flexibility index (Phi) is 8.03. The van der Waals surface area contributed by atoms with Crippen LogP contribution in [0.3, 0.4) is 0 Å². The number of hydrogen-bond acceptors (Lipinski definition) is 6. The van der Waals surface area contributed by atoms with E-state index in [2.05, 4.69) is 9.80 Å². The Morgan fingerprint density at radius 3 is 2.34 bits per heavy atom. The van der Waals surface area contributed by atoms with E-state index >= 15 is 0 Å². The highest BCUT2D eigenvalue weighted by molar-refractivity contribution is 5.91. The molecule has 9 heteroatoms. The van der Waals surface area contributed by atoms with Gasteiger partial charge in [0.1, 0.15) is 11.6 Å². The van der Waals surface area contributed by atoms with Gasteiger partial charge >= 0.3 is 0 Å². The van der Waals surface area contributed by atoms with Crippen molar-refractivity contribution in [1.29, 1.82) is 0 Å². The molecule has 2 heterocycles. The lowest BCUT2D eigenvalue weighted by molar-refractivity contribution is -0.384. The van der Waals surface area contributed by atoms with Crippen LogP contribution in [-0.2, 0) is 13.1 Å². The largest absolute Gasteiger partial charge is 0.455 e. The number of carbonyl (C=O) groups is 1. The molecule has 1 aliphatic heterocycles. The van der Waals surface area contributed by atoms with Crippen LogP contribution in [-0.4, -0.2) is 52.9 Å². The lowest BCUT2D eigenvalue weighted by Crippen LogP contribution is -2.48. The molecule has 38 heavy (non-hydrogen) atoms. The van der Waals surface area contributed by atoms with Gasteiger partial charge in [0.15, 0.2) is 5.76 Å². The Labute approximate surface area is 221 Å². The van der Waals surface area contributed by atoms with E-state index in [-0.39, 0.29) is 17.4 Å². The minimum absolute atomic E-state index is 0.0622. The van der Waals surface area contributed by atoms with Crippen LogP contribution in [0.2, 0.25) is 0 Å². The maximum Gasteiger partial charge on any atom is 0.289 e. The highest BCUT2D eigenvalue weighted by Crippen LogP contribution is 2.27. The zero-order valence-electron chi connectivity index (χ0n) is 21.4. The number of nitro benzene ring substituents is 1. The van der Waals surface area contributed by atoms with Gasteiger partial charge in [0.05, 0.1) is 11.5 Å². The fourth-order valence-corrected chi connectivity index (χ4v) is 5.49. The van der Waals surface area contributed by atoms with Crippen molar-refractivity contribution in [3.05, 3.63) is 93.7 Å². The molecular weight excluding hydrogens is 487 g/mol. The zero-order valence-corrected chi connectivity index (χ0v) is 21.4. The maximum absolute atomic E-state index is 14.4. The van der Waals surface area contributed by atoms with Crippen LogP contribution in [0.4, 0.5) is 15.8 Å². The first-order valence-corrected chi connectivity index (χ1v) is 13.3. The lowest BCUT2D eigenvalue weighted by Gasteiger charge is -2.35. The molecule has 1 aromatic heterocycles. The van der Waals surface area contributed by atoms with Gasteiger partial charge in [0, 0.05) is 62.1 Å². The van der Waals surface area contributed by atoms with Gasteiger partial charge in [-0.15, -0.1) is 0 Å². The fraction of sp³-hybridized carbons (Fsp3) is 0.414. The number of halogens is 1. The molecule has 0 N–H and O–H groups in total. The molecule has 1 saturated heterocycles. The third kappa shape index (κ3) is 6.05. The standard InChI is InChI=1S/C29H33FN4O4/c30-27-9-5-4-6-22(27)20-33(23-7-2-1-3-8-23)21-26-14-15-28(38-26)29(35)32-18-16-31(17-19-32)24-10-12-25(13-11-24)34(36)37/h4-6,9-15,23H,1-3,7-8,16-21H2. The third-order valence-electron chi connectivity index (χ3n) is 7.65. The van der Waals surface area contributed by atoms with Crippen LogP contribution in [0.25, 0.3) is 0 Å². The number of benzene rings is 2. The predicted octanol–water partition coefficient (Wildman–Crippen LogP) is 5.62. The van der Waals surface area contributed by atoms with E-state index in [1.54, 1.807) is 29.2 Å². The predicted molar refractivity (Wildman–Crippen MR) is 142 cm³/mol. The Hall–Kier alpha value is -3.72. The molecule has 0 bridgehead atoms. The van der Waals surface area contributed by atoms with Crippen molar-refractivity contribution in [2.45, 2.75) is 51.2 Å². The molecule has 0 unspecified atom stereocenters. The van der Waals surface area contributed by atoms with Gasteiger partial charge < -0.3 is 14.2 Å². The van der Waals surface area contributed by atoms with Gasteiger partial charge in [-0.05, 0) is 43.2 Å². The highest BCUT2D eigenvalue weighted by Gasteiger charge is 2.27. The van der Waals surface area contributed by atoms with Crippen LogP contribution in [0.15, 0.2) is 65.1 Å². The monoisotopic (exact) mass is 520 g/mol. The third-order valence-corrected chi connectivity index (χ3v) is 7.65. The van der Waals surface area contributed by atoms with Gasteiger partial charge in [-0.3, -0.25) is 19.8 Å². The quantitative estimate of drug-likeness (QED) is 0.283. The summed E-state index contributed by atoms with van der Waals surface area (Å²) in [5.41, 5.74) is 1.64. The summed E-state index contributed by atoms with van der Waals surface area (Å²) in [5, 5.41) is 10.9. The van der Waals surface area contributed by atoms with Crippen LogP contribution in [0.1, 0.15) is 54.0 Å². The summed E-state index contributed by atoms with van der Waals surface area (Å²) in [6, 6.07) is 17.3. The molecule has 200 valence electrons. The number of nitro groups is 1. The number of nitrogens with zero attached hydrogens (tertiary/aromatic N) is 4. The summed E-state index contributed by atoms with van der Waals surface area (Å²) in [4.78, 5) is 29.8. The number of anilines is 1. The number of amides is 1. The highest BCUT2D eigenvalue weighted by atomic mass is 19.1. The van der Waals surface area contributed by atoms with Crippen molar-refractivity contribution in [2.75, 3.05) is 31.1 Å². The van der Waals surface area contributed by atoms with Gasteiger partial charge in [-0.2, -0.15) is 0 Å². The van der Waals surface area contributed by atoms with Gasteiger partial charge in [0.2, 0.25) is 0 Å². The zero-order chi connectivity index (χ0) is 26.5. The Bertz CT molecular complexity index is 1250. The normalized spacial score (nSPS) is 16.7. The molecule has 1 amide bonds. The number of furan rings is 1. The molecule has 8 nitrogen and oxygen atoms in total. The van der Waals surface area contributed by atoms with Gasteiger partial charge in [0.25, 0.3) is 11.6 Å². The van der Waals surface area contributed by atoms with Crippen molar-refractivity contribution in [3.8, 4) is 0 Å². The average molecular weight is 521 g/mol. The summed E-state index contributed by atoms with van der Waals surface area (Å²) >= 11 is 0. The summed E-state index contributed by atoms with van der Waals surface area (Å²) in [6.07, 6.45) is 5.75. The smallest absolute Gasteiger partial charge is 0.289 e. The Morgan fingerprint density at radius 1 is 0.947 bits per heavy atom. The first kappa shape index (κ1) is 25.9. The molecule has 0 spiro atoms. The van der Waals surface area contributed by atoms with E-state index in [0.29, 0.717) is 62.4 Å². The second-order valence-electron chi connectivity index (χ2n) is 10.1. The molecular formula is C29H33FN4O4. The Balaban J connectivity index is 1.21. The first-order chi connectivity index (χ1) is 18.5. The molecule has 2 fully saturated rings. The minimum atomic E-state index is -0.410. The summed E-state index contributed by atoms with van der Waals surface area (Å²) in [7, 11) is 0. The molecule has 2 aliphatic rings. The SMILES string of the molecule is O=C(c1ccc(CN(Cc2ccccc2F)C2CCCCC2)o1)N1CCN(c2ccc([N+](=O)[O-])cc2)CC1. The van der Waals surface area contributed by atoms with Crippen molar-refractivity contribution >= 4 is 17.3 Å². The molecule has 1 aliphatic carbocycles. The molecule has 0 radical (unpaired) electrons. The van der Waals surface area contributed by atoms with Crippen LogP contribution >= 0.6 is 0 Å². The number of rotatable bonds is 8. The number of piperazine rings is 1. The fourth-order valence-electron chi connectivity index (χ4n) is 5.49. The van der Waals surface area contributed by atoms with E-state index < -0.39 is 4.92 Å². The molecule has 2 aromatic carbocycles. The topological polar surface area (TPSA) is 83.1 Å². The maximum atomic E-state index is 14.4. The van der Waals surface area contributed by atoms with Gasteiger partial charge in [-0.1, -0.05) is 37.5 Å². The summed E-state index contributed by atoms with van der Waals surface area (Å²) in [5.74, 6) is 0.687. The second-order valence-corrected chi connectivity index (χ2v) is 10.1. The second kappa shape index (κ2) is 11.8. The van der Waals surface area contributed by atoms with E-state index in [1.807, 2.05) is 18.2 Å². The van der Waals surface area contributed by atoms with Crippen molar-refractivity contribution in [3.63, 3.8) is 0 Å². The van der Waals surface area contributed by atoms with Crippen LogP contribution in [0.5, 0.6) is 0 Å². The summed E-state index contributed by atoms with van der Waals surface area (Å²) in [6.45, 7) is 3.37. The van der Waals surface area contributed by atoms with Crippen molar-refractivity contribution < 1.29 is 18.5 Å². The van der Waals surface area contributed by atoms with E-state index in [0.717, 1.165) is 18.5 Å². The van der Waals surface area contributed by atoms with Crippen molar-refractivity contribution in [1.82, 2.24) is 9.80 Å². The molecule has 0 atom stereocenters. The molecule has 5 rings (SSSR count). The number of hydrogen-bond donors (Lipinski definition) is 0. The van der Waals surface area contributed by atoms with Crippen LogP contribution < -0.4 is 4.90 Å². The van der Waals surface area contributed by atoms with E-state index in [1.165, 1.54) is 37.5 Å². The van der Waals surface area contributed by atoms with Crippen LogP contribution in [0, 0.1) is 15.9 Å². The number of non-ortho nitro benzene ring substituents is 1. The summed E-state index contributed by atoms with van der Waals surface area (Å²) < 4.78 is 20.5. The molecule has 3 aromatic rings. The lowest BCUT2D eigenvalue weighted by atomic mass is 9.93. The first-order valence-electron chi connectivity index (χ1n) is 13.3. The number of carbonyl (C=O) groups excluding carboxylic acids is 1. The van der Waals surface area contributed by atoms with E-state index in [9.17, 15) is 19.3 Å². The Morgan fingerprint density at radius 2 is 1.66 bits per heavy atom. The van der Waals surface area contributed by atoms with Crippen molar-refractivity contribution in [2.24, 2.45) is 0 Å². The average Bonchev–Trinajstić information content (AvgIpc) is 3.42. The minimum Gasteiger partial charge on any atom is -0.455 e. The van der Waals surface area contributed by atoms with Gasteiger partial charge in [-0.25, -0.2) is 4.39 Å². The van der Waals surface area contributed by atoms with E-state index in [4.69, 9.17) is 4.42 Å². The molecule has 1 saturated carbocycles.